The van der Waals surface area contributed by atoms with Crippen molar-refractivity contribution in [1.82, 2.24) is 5.32 Å². The molecule has 5 nitrogen and oxygen atoms in total. The zero-order valence-electron chi connectivity index (χ0n) is 14.9. The number of methoxy groups -OCH3 is 1. The molecule has 1 aromatic carbocycles. The van der Waals surface area contributed by atoms with E-state index < -0.39 is 5.54 Å². The van der Waals surface area contributed by atoms with E-state index in [9.17, 15) is 4.79 Å². The van der Waals surface area contributed by atoms with Gasteiger partial charge >= 0.3 is 0 Å². The van der Waals surface area contributed by atoms with E-state index in [2.05, 4.69) is 31.4 Å². The number of amides is 1. The number of hydrogen-bond acceptors (Lipinski definition) is 4. The molecule has 3 N–H and O–H groups in total. The summed E-state index contributed by atoms with van der Waals surface area (Å²) in [6.45, 7) is 8.93. The summed E-state index contributed by atoms with van der Waals surface area (Å²) < 4.78 is 5.17. The molecule has 1 amide bonds. The molecule has 0 fully saturated rings. The molecule has 0 saturated heterocycles. The molecule has 130 valence electrons. The lowest BCUT2D eigenvalue weighted by atomic mass is 9.86. The van der Waals surface area contributed by atoms with Crippen LogP contribution in [0.5, 0.6) is 0 Å². The maximum atomic E-state index is 12.3. The van der Waals surface area contributed by atoms with E-state index in [1.165, 1.54) is 0 Å². The van der Waals surface area contributed by atoms with Crippen molar-refractivity contribution in [2.45, 2.75) is 45.1 Å². The summed E-state index contributed by atoms with van der Waals surface area (Å²) in [7, 11) is 1.61. The van der Waals surface area contributed by atoms with Crippen molar-refractivity contribution in [3.8, 4) is 0 Å². The molecule has 0 bridgehead atoms. The monoisotopic (exact) mass is 322 g/mol. The molecule has 0 aliphatic rings. The van der Waals surface area contributed by atoms with Crippen molar-refractivity contribution >= 4 is 11.6 Å². The molecule has 1 atom stereocenters. The zero-order chi connectivity index (χ0) is 17.5. The van der Waals surface area contributed by atoms with E-state index in [1.807, 2.05) is 31.2 Å². The predicted molar refractivity (Wildman–Crippen MR) is 93.8 cm³/mol. The number of anilines is 1. The summed E-state index contributed by atoms with van der Waals surface area (Å²) in [5, 5.41) is 15.3. The summed E-state index contributed by atoms with van der Waals surface area (Å²) in [5.74, 6) is -0.109. The van der Waals surface area contributed by atoms with Gasteiger partial charge in [-0.25, -0.2) is 0 Å². The van der Waals surface area contributed by atoms with Gasteiger partial charge in [0.2, 0.25) is 5.91 Å². The summed E-state index contributed by atoms with van der Waals surface area (Å²) in [4.78, 5) is 12.3. The average Bonchev–Trinajstić information content (AvgIpc) is 2.45. The van der Waals surface area contributed by atoms with E-state index in [1.54, 1.807) is 7.11 Å². The molecule has 5 heteroatoms. The molecule has 0 aliphatic carbocycles. The number of hydrogen-bond donors (Lipinski definition) is 3. The lowest BCUT2D eigenvalue weighted by Crippen LogP contribution is -2.49. The molecule has 0 saturated carbocycles. The van der Waals surface area contributed by atoms with Crippen LogP contribution < -0.4 is 10.6 Å². The topological polar surface area (TPSA) is 70.6 Å². The normalized spacial score (nSPS) is 14.3. The predicted octanol–water partition coefficient (Wildman–Crippen LogP) is 2.30. The Labute approximate surface area is 139 Å². The van der Waals surface area contributed by atoms with Crippen molar-refractivity contribution in [2.75, 3.05) is 32.2 Å². The van der Waals surface area contributed by atoms with Crippen LogP contribution in [0.2, 0.25) is 0 Å². The van der Waals surface area contributed by atoms with Gasteiger partial charge in [-0.3, -0.25) is 4.79 Å². The fraction of sp³-hybridized carbons (Fsp3) is 0.611. The first-order valence-corrected chi connectivity index (χ1v) is 7.96. The first-order chi connectivity index (χ1) is 10.7. The van der Waals surface area contributed by atoms with Gasteiger partial charge in [0, 0.05) is 24.9 Å². The lowest BCUT2D eigenvalue weighted by Gasteiger charge is -2.29. The van der Waals surface area contributed by atoms with Gasteiger partial charge in [0.1, 0.15) is 0 Å². The molecule has 23 heavy (non-hydrogen) atoms. The molecular weight excluding hydrogens is 292 g/mol. The largest absolute Gasteiger partial charge is 0.396 e. The number of aliphatic hydroxyl groups is 1. The Kier molecular flexibility index (Phi) is 7.19. The second kappa shape index (κ2) is 8.43. The van der Waals surface area contributed by atoms with Crippen LogP contribution >= 0.6 is 0 Å². The molecule has 0 aliphatic heterocycles. The molecule has 0 aromatic heterocycles. The van der Waals surface area contributed by atoms with Gasteiger partial charge in [-0.15, -0.1) is 0 Å². The molecular formula is C18H30N2O3. The molecule has 1 rings (SSSR count). The van der Waals surface area contributed by atoms with Crippen LogP contribution in [0.25, 0.3) is 0 Å². The summed E-state index contributed by atoms with van der Waals surface area (Å²) >= 11 is 0. The van der Waals surface area contributed by atoms with Crippen molar-refractivity contribution in [3.63, 3.8) is 0 Å². The van der Waals surface area contributed by atoms with Gasteiger partial charge in [0.15, 0.2) is 0 Å². The standard InChI is InChI=1S/C18H30N2O3/c1-17(2,3)14-8-6-7-9-15(14)20-16(22)12-19-18(4,10-11-21)13-23-5/h6-9,19,21H,10-13H2,1-5H3,(H,20,22). The van der Waals surface area contributed by atoms with Crippen LogP contribution in [0, 0.1) is 0 Å². The highest BCUT2D eigenvalue weighted by atomic mass is 16.5. The SMILES string of the molecule is COCC(C)(CCO)NCC(=O)Nc1ccccc1C(C)(C)C. The minimum absolute atomic E-state index is 0.0429. The fourth-order valence-corrected chi connectivity index (χ4v) is 2.51. The molecule has 1 aromatic rings. The van der Waals surface area contributed by atoms with Crippen molar-refractivity contribution in [2.24, 2.45) is 0 Å². The second-order valence-electron chi connectivity index (χ2n) is 7.16. The van der Waals surface area contributed by atoms with E-state index >= 15 is 0 Å². The maximum absolute atomic E-state index is 12.3. The van der Waals surface area contributed by atoms with E-state index in [4.69, 9.17) is 9.84 Å². The Bertz CT molecular complexity index is 503. The number of para-hydroxylation sites is 1. The van der Waals surface area contributed by atoms with Crippen LogP contribution in [0.15, 0.2) is 24.3 Å². The van der Waals surface area contributed by atoms with Crippen LogP contribution in [-0.2, 0) is 14.9 Å². The van der Waals surface area contributed by atoms with Crippen LogP contribution in [-0.4, -0.2) is 43.4 Å². The van der Waals surface area contributed by atoms with Gasteiger partial charge < -0.3 is 20.5 Å². The first kappa shape index (κ1) is 19.6. The Morgan fingerprint density at radius 3 is 2.43 bits per heavy atom. The number of carbonyl (C=O) groups excluding carboxylic acids is 1. The van der Waals surface area contributed by atoms with Crippen LogP contribution in [0.1, 0.15) is 39.7 Å². The number of ether oxygens (including phenoxy) is 1. The van der Waals surface area contributed by atoms with Gasteiger partial charge in [-0.2, -0.15) is 0 Å². The third kappa shape index (κ3) is 6.29. The Morgan fingerprint density at radius 1 is 1.22 bits per heavy atom. The highest BCUT2D eigenvalue weighted by Crippen LogP contribution is 2.29. The number of rotatable bonds is 8. The summed E-state index contributed by atoms with van der Waals surface area (Å²) in [6.07, 6.45) is 0.521. The summed E-state index contributed by atoms with van der Waals surface area (Å²) in [6, 6.07) is 7.84. The van der Waals surface area contributed by atoms with E-state index in [0.29, 0.717) is 13.0 Å². The smallest absolute Gasteiger partial charge is 0.238 e. The number of nitrogens with one attached hydrogen (secondary N) is 2. The Balaban J connectivity index is 2.71. The highest BCUT2D eigenvalue weighted by Gasteiger charge is 2.24. The number of aliphatic hydroxyl groups excluding tert-OH is 1. The number of carbonyl (C=O) groups is 1. The van der Waals surface area contributed by atoms with Crippen molar-refractivity contribution in [3.05, 3.63) is 29.8 Å². The first-order valence-electron chi connectivity index (χ1n) is 7.96. The van der Waals surface area contributed by atoms with Gasteiger partial charge in [-0.05, 0) is 30.4 Å². The van der Waals surface area contributed by atoms with Gasteiger partial charge in [0.25, 0.3) is 0 Å². The van der Waals surface area contributed by atoms with Crippen molar-refractivity contribution < 1.29 is 14.6 Å². The van der Waals surface area contributed by atoms with E-state index in [-0.39, 0.29) is 24.5 Å². The number of benzene rings is 1. The van der Waals surface area contributed by atoms with Crippen LogP contribution in [0.4, 0.5) is 5.69 Å². The van der Waals surface area contributed by atoms with E-state index in [0.717, 1.165) is 11.3 Å². The summed E-state index contributed by atoms with van der Waals surface area (Å²) in [5.41, 5.74) is 1.47. The average molecular weight is 322 g/mol. The lowest BCUT2D eigenvalue weighted by molar-refractivity contribution is -0.115. The zero-order valence-corrected chi connectivity index (χ0v) is 14.9. The third-order valence-electron chi connectivity index (χ3n) is 3.81. The Morgan fingerprint density at radius 2 is 1.87 bits per heavy atom. The second-order valence-corrected chi connectivity index (χ2v) is 7.16. The molecule has 0 spiro atoms. The molecule has 0 radical (unpaired) electrons. The van der Waals surface area contributed by atoms with Crippen LogP contribution in [0.3, 0.4) is 0 Å². The molecule has 0 heterocycles. The molecule has 1 unspecified atom stereocenters. The third-order valence-corrected chi connectivity index (χ3v) is 3.81. The Hall–Kier alpha value is -1.43. The quantitative estimate of drug-likeness (QED) is 0.687. The highest BCUT2D eigenvalue weighted by molar-refractivity contribution is 5.93. The van der Waals surface area contributed by atoms with Gasteiger partial charge in [-0.1, -0.05) is 39.0 Å². The minimum Gasteiger partial charge on any atom is -0.396 e. The van der Waals surface area contributed by atoms with Crippen molar-refractivity contribution in [1.29, 1.82) is 0 Å². The maximum Gasteiger partial charge on any atom is 0.238 e. The fourth-order valence-electron chi connectivity index (χ4n) is 2.51. The minimum atomic E-state index is -0.426. The van der Waals surface area contributed by atoms with Gasteiger partial charge in [0.05, 0.1) is 13.2 Å².